The van der Waals surface area contributed by atoms with Gasteiger partial charge in [-0.3, -0.25) is 4.79 Å². The van der Waals surface area contributed by atoms with Crippen molar-refractivity contribution in [2.24, 2.45) is 0 Å². The van der Waals surface area contributed by atoms with Crippen LogP contribution in [0, 0.1) is 0 Å². The molecule has 5 heteroatoms. The van der Waals surface area contributed by atoms with Gasteiger partial charge in [-0.25, -0.2) is 0 Å². The summed E-state index contributed by atoms with van der Waals surface area (Å²) < 4.78 is 15.7. The van der Waals surface area contributed by atoms with E-state index in [1.165, 1.54) is 0 Å². The zero-order chi connectivity index (χ0) is 12.4. The molecule has 0 saturated carbocycles. The van der Waals surface area contributed by atoms with Crippen LogP contribution in [0.1, 0.15) is 18.4 Å². The fourth-order valence-corrected chi connectivity index (χ4v) is 2.11. The van der Waals surface area contributed by atoms with Gasteiger partial charge in [0.25, 0.3) is 0 Å². The lowest BCUT2D eigenvalue weighted by atomic mass is 10.0. The molecule has 0 fully saturated rings. The number of ether oxygens (including phenoxy) is 3. The minimum Gasteiger partial charge on any atom is -0.496 e. The second-order valence-electron chi connectivity index (χ2n) is 3.61. The van der Waals surface area contributed by atoms with Gasteiger partial charge < -0.3 is 14.2 Å². The first kappa shape index (κ1) is 12.0. The first-order chi connectivity index (χ1) is 8.19. The molecule has 17 heavy (non-hydrogen) atoms. The van der Waals surface area contributed by atoms with Crippen molar-refractivity contribution in [2.45, 2.75) is 12.8 Å². The van der Waals surface area contributed by atoms with E-state index < -0.39 is 5.92 Å². The Kier molecular flexibility index (Phi) is 3.43. The first-order valence-corrected chi connectivity index (χ1v) is 5.72. The Morgan fingerprint density at radius 2 is 2.35 bits per heavy atom. The standard InChI is InChI=1S/C12H13ClO4/c1-3-16-12(14)7-6-17-11-8(13)4-5-9(15-2)10(7)11/h4-5,7H,3,6H2,1-2H3. The Morgan fingerprint density at radius 3 is 3.00 bits per heavy atom. The lowest BCUT2D eigenvalue weighted by Crippen LogP contribution is -2.17. The highest BCUT2D eigenvalue weighted by Crippen LogP contribution is 2.45. The summed E-state index contributed by atoms with van der Waals surface area (Å²) in [6.07, 6.45) is 0. The van der Waals surface area contributed by atoms with E-state index in [0.717, 1.165) is 0 Å². The number of carbonyl (C=O) groups is 1. The van der Waals surface area contributed by atoms with Crippen molar-refractivity contribution >= 4 is 17.6 Å². The number of hydrogen-bond acceptors (Lipinski definition) is 4. The Balaban J connectivity index is 2.41. The van der Waals surface area contributed by atoms with Crippen LogP contribution >= 0.6 is 11.6 Å². The van der Waals surface area contributed by atoms with Crippen molar-refractivity contribution in [3.8, 4) is 11.5 Å². The lowest BCUT2D eigenvalue weighted by Gasteiger charge is -2.11. The van der Waals surface area contributed by atoms with Gasteiger partial charge in [0.1, 0.15) is 24.0 Å². The zero-order valence-corrected chi connectivity index (χ0v) is 10.4. The third kappa shape index (κ3) is 2.05. The zero-order valence-electron chi connectivity index (χ0n) is 9.66. The van der Waals surface area contributed by atoms with Gasteiger partial charge in [0, 0.05) is 0 Å². The van der Waals surface area contributed by atoms with Crippen LogP contribution in [-0.2, 0) is 9.53 Å². The quantitative estimate of drug-likeness (QED) is 0.779. The van der Waals surface area contributed by atoms with Crippen LogP contribution in [0.2, 0.25) is 5.02 Å². The molecule has 0 aliphatic carbocycles. The van der Waals surface area contributed by atoms with Crippen LogP contribution in [0.15, 0.2) is 12.1 Å². The van der Waals surface area contributed by atoms with Gasteiger partial charge in [-0.1, -0.05) is 11.6 Å². The van der Waals surface area contributed by atoms with E-state index >= 15 is 0 Å². The second-order valence-corrected chi connectivity index (χ2v) is 4.02. The molecule has 2 rings (SSSR count). The number of fused-ring (bicyclic) bond motifs is 1. The summed E-state index contributed by atoms with van der Waals surface area (Å²) in [5, 5.41) is 0.479. The minimum atomic E-state index is -0.460. The maximum atomic E-state index is 11.8. The normalized spacial score (nSPS) is 17.2. The van der Waals surface area contributed by atoms with Gasteiger partial charge in [-0.15, -0.1) is 0 Å². The topological polar surface area (TPSA) is 44.8 Å². The van der Waals surface area contributed by atoms with E-state index in [0.29, 0.717) is 28.7 Å². The van der Waals surface area contributed by atoms with E-state index in [9.17, 15) is 4.79 Å². The SMILES string of the molecule is CCOC(=O)C1COc2c(Cl)ccc(OC)c21. The molecule has 1 aromatic rings. The minimum absolute atomic E-state index is 0.244. The van der Waals surface area contributed by atoms with Crippen LogP contribution in [0.5, 0.6) is 11.5 Å². The Bertz CT molecular complexity index is 444. The van der Waals surface area contributed by atoms with Crippen molar-refractivity contribution in [1.82, 2.24) is 0 Å². The highest BCUT2D eigenvalue weighted by Gasteiger charge is 2.36. The maximum absolute atomic E-state index is 11.8. The molecule has 0 radical (unpaired) electrons. The fraction of sp³-hybridized carbons (Fsp3) is 0.417. The van der Waals surface area contributed by atoms with E-state index in [-0.39, 0.29) is 12.6 Å². The average molecular weight is 257 g/mol. The third-order valence-electron chi connectivity index (χ3n) is 2.64. The van der Waals surface area contributed by atoms with E-state index in [1.807, 2.05) is 0 Å². The average Bonchev–Trinajstić information content (AvgIpc) is 2.75. The number of carbonyl (C=O) groups excluding carboxylic acids is 1. The van der Waals surface area contributed by atoms with Crippen molar-refractivity contribution in [1.29, 1.82) is 0 Å². The Labute approximate surface area is 104 Å². The van der Waals surface area contributed by atoms with E-state index in [2.05, 4.69) is 0 Å². The summed E-state index contributed by atoms with van der Waals surface area (Å²) in [7, 11) is 1.55. The molecule has 1 heterocycles. The van der Waals surface area contributed by atoms with Crippen LogP contribution in [0.4, 0.5) is 0 Å². The molecule has 0 bridgehead atoms. The van der Waals surface area contributed by atoms with E-state index in [1.54, 1.807) is 26.2 Å². The number of halogens is 1. The Morgan fingerprint density at radius 1 is 1.59 bits per heavy atom. The number of methoxy groups -OCH3 is 1. The molecular weight excluding hydrogens is 244 g/mol. The second kappa shape index (κ2) is 4.84. The molecule has 0 amide bonds. The molecular formula is C12H13ClO4. The van der Waals surface area contributed by atoms with Crippen molar-refractivity contribution < 1.29 is 19.0 Å². The molecule has 1 aliphatic heterocycles. The van der Waals surface area contributed by atoms with Gasteiger partial charge in [-0.2, -0.15) is 0 Å². The molecule has 1 atom stereocenters. The highest BCUT2D eigenvalue weighted by molar-refractivity contribution is 6.32. The van der Waals surface area contributed by atoms with Crippen molar-refractivity contribution in [3.05, 3.63) is 22.7 Å². The van der Waals surface area contributed by atoms with Crippen molar-refractivity contribution in [2.75, 3.05) is 20.3 Å². The Hall–Kier alpha value is -1.42. The van der Waals surface area contributed by atoms with Gasteiger partial charge in [0.15, 0.2) is 0 Å². The van der Waals surface area contributed by atoms with Crippen LogP contribution in [-0.4, -0.2) is 26.3 Å². The third-order valence-corrected chi connectivity index (χ3v) is 2.94. The number of esters is 1. The van der Waals surface area contributed by atoms with Gasteiger partial charge in [0.2, 0.25) is 0 Å². The summed E-state index contributed by atoms with van der Waals surface area (Å²) >= 11 is 6.01. The fourth-order valence-electron chi connectivity index (χ4n) is 1.89. The van der Waals surface area contributed by atoms with Crippen LogP contribution in [0.3, 0.4) is 0 Å². The predicted octanol–water partition coefficient (Wildman–Crippen LogP) is 2.39. The largest absolute Gasteiger partial charge is 0.496 e. The maximum Gasteiger partial charge on any atom is 0.317 e. The number of rotatable bonds is 3. The molecule has 0 saturated heterocycles. The lowest BCUT2D eigenvalue weighted by molar-refractivity contribution is -0.145. The molecule has 1 aliphatic rings. The van der Waals surface area contributed by atoms with Gasteiger partial charge in [-0.05, 0) is 19.1 Å². The smallest absolute Gasteiger partial charge is 0.317 e. The predicted molar refractivity (Wildman–Crippen MR) is 62.9 cm³/mol. The molecule has 4 nitrogen and oxygen atoms in total. The van der Waals surface area contributed by atoms with Crippen molar-refractivity contribution in [3.63, 3.8) is 0 Å². The number of hydrogen-bond donors (Lipinski definition) is 0. The monoisotopic (exact) mass is 256 g/mol. The molecule has 1 aromatic carbocycles. The molecule has 0 spiro atoms. The van der Waals surface area contributed by atoms with Gasteiger partial charge >= 0.3 is 5.97 Å². The molecule has 92 valence electrons. The first-order valence-electron chi connectivity index (χ1n) is 5.34. The highest BCUT2D eigenvalue weighted by atomic mass is 35.5. The van der Waals surface area contributed by atoms with Crippen LogP contribution < -0.4 is 9.47 Å². The van der Waals surface area contributed by atoms with E-state index in [4.69, 9.17) is 25.8 Å². The van der Waals surface area contributed by atoms with Crippen LogP contribution in [0.25, 0.3) is 0 Å². The molecule has 0 aromatic heterocycles. The molecule has 0 N–H and O–H groups in total. The summed E-state index contributed by atoms with van der Waals surface area (Å²) in [6, 6.07) is 3.41. The molecule has 1 unspecified atom stereocenters. The summed E-state index contributed by atoms with van der Waals surface area (Å²) in [6.45, 7) is 2.35. The van der Waals surface area contributed by atoms with Gasteiger partial charge in [0.05, 0.1) is 24.3 Å². The summed E-state index contributed by atoms with van der Waals surface area (Å²) in [5.41, 5.74) is 0.679. The summed E-state index contributed by atoms with van der Waals surface area (Å²) in [4.78, 5) is 11.8. The number of benzene rings is 1. The summed E-state index contributed by atoms with van der Waals surface area (Å²) in [5.74, 6) is 0.342.